The Morgan fingerprint density at radius 3 is 2.74 bits per heavy atom. The van der Waals surface area contributed by atoms with Gasteiger partial charge in [0.1, 0.15) is 13.2 Å². The molecule has 2 heterocycles. The van der Waals surface area contributed by atoms with Gasteiger partial charge in [-0.25, -0.2) is 4.79 Å². The molecule has 0 aliphatic carbocycles. The number of fused-ring (bicyclic) bond motifs is 2. The Morgan fingerprint density at radius 2 is 1.93 bits per heavy atom. The molecule has 1 N–H and O–H groups in total. The first-order valence-electron chi connectivity index (χ1n) is 8.81. The SMILES string of the molecule is O=C(O)c1cccc2c1CCCN2C(=O)CSc1ccc2c(c1)OCCO2. The zero-order chi connectivity index (χ0) is 18.8. The number of aromatic carboxylic acids is 1. The van der Waals surface area contributed by atoms with Crippen LogP contribution in [-0.2, 0) is 11.2 Å². The third-order valence-corrected chi connectivity index (χ3v) is 5.64. The quantitative estimate of drug-likeness (QED) is 0.815. The number of carbonyl (C=O) groups is 2. The summed E-state index contributed by atoms with van der Waals surface area (Å²) in [6.45, 7) is 1.68. The molecule has 0 spiro atoms. The summed E-state index contributed by atoms with van der Waals surface area (Å²) in [5.74, 6) is 0.720. The Labute approximate surface area is 161 Å². The van der Waals surface area contributed by atoms with Gasteiger partial charge < -0.3 is 19.5 Å². The maximum Gasteiger partial charge on any atom is 0.336 e. The molecule has 6 nitrogen and oxygen atoms in total. The molecule has 0 aromatic heterocycles. The fourth-order valence-electron chi connectivity index (χ4n) is 3.42. The fraction of sp³-hybridized carbons (Fsp3) is 0.300. The van der Waals surface area contributed by atoms with Crippen molar-refractivity contribution in [1.82, 2.24) is 0 Å². The molecular weight excluding hydrogens is 366 g/mol. The second-order valence-electron chi connectivity index (χ2n) is 6.35. The summed E-state index contributed by atoms with van der Waals surface area (Å²) in [5.41, 5.74) is 1.74. The number of hydrogen-bond donors (Lipinski definition) is 1. The second-order valence-corrected chi connectivity index (χ2v) is 7.40. The predicted octanol–water partition coefficient (Wildman–Crippen LogP) is 3.23. The van der Waals surface area contributed by atoms with Crippen molar-refractivity contribution in [2.75, 3.05) is 30.4 Å². The van der Waals surface area contributed by atoms with E-state index in [1.165, 1.54) is 11.8 Å². The normalized spacial score (nSPS) is 15.2. The highest BCUT2D eigenvalue weighted by Crippen LogP contribution is 2.35. The van der Waals surface area contributed by atoms with Gasteiger partial charge in [0.15, 0.2) is 11.5 Å². The maximum atomic E-state index is 12.8. The lowest BCUT2D eigenvalue weighted by atomic mass is 9.96. The number of benzene rings is 2. The van der Waals surface area contributed by atoms with Crippen molar-refractivity contribution in [2.24, 2.45) is 0 Å². The predicted molar refractivity (Wildman–Crippen MR) is 102 cm³/mol. The molecule has 140 valence electrons. The van der Waals surface area contributed by atoms with Gasteiger partial charge in [0.2, 0.25) is 5.91 Å². The average molecular weight is 385 g/mol. The Hall–Kier alpha value is -2.67. The number of ether oxygens (including phenoxy) is 2. The van der Waals surface area contributed by atoms with Crippen molar-refractivity contribution in [1.29, 1.82) is 0 Å². The van der Waals surface area contributed by atoms with Gasteiger partial charge >= 0.3 is 5.97 Å². The largest absolute Gasteiger partial charge is 0.486 e. The molecule has 2 aliphatic heterocycles. The molecule has 2 aromatic carbocycles. The van der Waals surface area contributed by atoms with Gasteiger partial charge in [-0.2, -0.15) is 0 Å². The Kier molecular flexibility index (Phi) is 4.94. The first kappa shape index (κ1) is 17.7. The summed E-state index contributed by atoms with van der Waals surface area (Å²) in [4.78, 5) is 26.9. The van der Waals surface area contributed by atoms with Gasteiger partial charge in [-0.15, -0.1) is 11.8 Å². The third-order valence-electron chi connectivity index (χ3n) is 4.66. The van der Waals surface area contributed by atoms with Crippen LogP contribution in [0.3, 0.4) is 0 Å². The van der Waals surface area contributed by atoms with Crippen LogP contribution < -0.4 is 14.4 Å². The standard InChI is InChI=1S/C20H19NO5S/c22-19(12-27-13-6-7-17-18(11-13)26-10-9-25-17)21-8-2-4-14-15(20(23)24)3-1-5-16(14)21/h1,3,5-7,11H,2,4,8-10,12H2,(H,23,24). The average Bonchev–Trinajstić information content (AvgIpc) is 2.70. The summed E-state index contributed by atoms with van der Waals surface area (Å²) < 4.78 is 11.1. The second kappa shape index (κ2) is 7.52. The number of carbonyl (C=O) groups excluding carboxylic acids is 1. The summed E-state index contributed by atoms with van der Waals surface area (Å²) >= 11 is 1.44. The number of hydrogen-bond acceptors (Lipinski definition) is 5. The lowest BCUT2D eigenvalue weighted by Crippen LogP contribution is -2.37. The maximum absolute atomic E-state index is 12.8. The van der Waals surface area contributed by atoms with Crippen molar-refractivity contribution in [3.05, 3.63) is 47.5 Å². The van der Waals surface area contributed by atoms with Crippen LogP contribution in [0.5, 0.6) is 11.5 Å². The van der Waals surface area contributed by atoms with E-state index in [0.29, 0.717) is 37.6 Å². The highest BCUT2D eigenvalue weighted by Gasteiger charge is 2.26. The molecule has 1 amide bonds. The fourth-order valence-corrected chi connectivity index (χ4v) is 4.22. The smallest absolute Gasteiger partial charge is 0.336 e. The van der Waals surface area contributed by atoms with Crippen LogP contribution >= 0.6 is 11.8 Å². The number of anilines is 1. The molecule has 0 atom stereocenters. The van der Waals surface area contributed by atoms with Crippen molar-refractivity contribution < 1.29 is 24.2 Å². The molecule has 27 heavy (non-hydrogen) atoms. The van der Waals surface area contributed by atoms with Crippen LogP contribution in [0, 0.1) is 0 Å². The summed E-state index contributed by atoms with van der Waals surface area (Å²) in [7, 11) is 0. The minimum atomic E-state index is -0.952. The lowest BCUT2D eigenvalue weighted by molar-refractivity contribution is -0.116. The minimum Gasteiger partial charge on any atom is -0.486 e. The molecule has 0 saturated carbocycles. The zero-order valence-corrected chi connectivity index (χ0v) is 15.5. The van der Waals surface area contributed by atoms with Crippen LogP contribution in [0.2, 0.25) is 0 Å². The molecule has 2 aliphatic rings. The number of rotatable bonds is 4. The van der Waals surface area contributed by atoms with Crippen LogP contribution in [0.1, 0.15) is 22.3 Å². The van der Waals surface area contributed by atoms with E-state index in [4.69, 9.17) is 9.47 Å². The number of nitrogens with zero attached hydrogens (tertiary/aromatic N) is 1. The van der Waals surface area contributed by atoms with Crippen LogP contribution in [0.25, 0.3) is 0 Å². The highest BCUT2D eigenvalue weighted by molar-refractivity contribution is 8.00. The molecule has 2 aromatic rings. The summed E-state index contributed by atoms with van der Waals surface area (Å²) in [6, 6.07) is 10.8. The molecule has 0 bridgehead atoms. The molecule has 0 unspecified atom stereocenters. The number of amides is 1. The first-order valence-corrected chi connectivity index (χ1v) is 9.80. The molecule has 0 radical (unpaired) electrons. The molecule has 4 rings (SSSR count). The zero-order valence-electron chi connectivity index (χ0n) is 14.6. The monoisotopic (exact) mass is 385 g/mol. The van der Waals surface area contributed by atoms with E-state index >= 15 is 0 Å². The Balaban J connectivity index is 1.48. The van der Waals surface area contributed by atoms with E-state index < -0.39 is 5.97 Å². The topological polar surface area (TPSA) is 76.1 Å². The van der Waals surface area contributed by atoms with Crippen LogP contribution in [0.15, 0.2) is 41.3 Å². The van der Waals surface area contributed by atoms with Crippen molar-refractivity contribution in [3.63, 3.8) is 0 Å². The highest BCUT2D eigenvalue weighted by atomic mass is 32.2. The summed E-state index contributed by atoms with van der Waals surface area (Å²) in [5, 5.41) is 9.38. The van der Waals surface area contributed by atoms with E-state index in [-0.39, 0.29) is 17.2 Å². The van der Waals surface area contributed by atoms with Gasteiger partial charge in [0.25, 0.3) is 0 Å². The molecule has 0 saturated heterocycles. The van der Waals surface area contributed by atoms with E-state index in [9.17, 15) is 14.7 Å². The third kappa shape index (κ3) is 3.60. The van der Waals surface area contributed by atoms with E-state index in [0.717, 1.165) is 22.6 Å². The van der Waals surface area contributed by atoms with Crippen LogP contribution in [0.4, 0.5) is 5.69 Å². The van der Waals surface area contributed by atoms with Crippen molar-refractivity contribution >= 4 is 29.3 Å². The number of thioether (sulfide) groups is 1. The molecule has 7 heteroatoms. The van der Waals surface area contributed by atoms with Crippen LogP contribution in [-0.4, -0.2) is 42.5 Å². The Bertz CT molecular complexity index is 898. The van der Waals surface area contributed by atoms with Gasteiger partial charge in [-0.3, -0.25) is 4.79 Å². The van der Waals surface area contributed by atoms with Gasteiger partial charge in [-0.05, 0) is 48.7 Å². The number of carboxylic acids is 1. The van der Waals surface area contributed by atoms with E-state index in [2.05, 4.69) is 0 Å². The van der Waals surface area contributed by atoms with Gasteiger partial charge in [0.05, 0.1) is 11.3 Å². The first-order chi connectivity index (χ1) is 13.1. The van der Waals surface area contributed by atoms with Gasteiger partial charge in [-0.1, -0.05) is 6.07 Å². The van der Waals surface area contributed by atoms with Crippen molar-refractivity contribution in [2.45, 2.75) is 17.7 Å². The number of carboxylic acid groups (broad SMARTS) is 1. The lowest BCUT2D eigenvalue weighted by Gasteiger charge is -2.30. The van der Waals surface area contributed by atoms with Crippen molar-refractivity contribution in [3.8, 4) is 11.5 Å². The van der Waals surface area contributed by atoms with Gasteiger partial charge in [0, 0.05) is 17.1 Å². The summed E-state index contributed by atoms with van der Waals surface area (Å²) in [6.07, 6.45) is 1.44. The minimum absolute atomic E-state index is 0.0293. The van der Waals surface area contributed by atoms with E-state index in [1.807, 2.05) is 24.3 Å². The molecular formula is C20H19NO5S. The Morgan fingerprint density at radius 1 is 1.11 bits per heavy atom. The van der Waals surface area contributed by atoms with E-state index in [1.54, 1.807) is 17.0 Å². The molecule has 0 fully saturated rings.